The second-order valence-electron chi connectivity index (χ2n) is 8.29. The minimum Gasteiger partial charge on any atom is -0.322 e. The molecule has 0 aliphatic carbocycles. The third kappa shape index (κ3) is 4.46. The van der Waals surface area contributed by atoms with Crippen LogP contribution in [0.25, 0.3) is 0 Å². The van der Waals surface area contributed by atoms with Crippen molar-refractivity contribution in [2.24, 2.45) is 27.1 Å². The molecule has 1 saturated heterocycles. The molecule has 2 N–H and O–H groups in total. The molecule has 182 valence electrons. The van der Waals surface area contributed by atoms with Gasteiger partial charge >= 0.3 is 0 Å². The highest BCUT2D eigenvalue weighted by Crippen LogP contribution is 2.25. The summed E-state index contributed by atoms with van der Waals surface area (Å²) in [5.41, 5.74) is 1.75. The summed E-state index contributed by atoms with van der Waals surface area (Å²) in [5, 5.41) is 17.7. The first-order valence-electron chi connectivity index (χ1n) is 10.7. The van der Waals surface area contributed by atoms with Crippen LogP contribution in [0.1, 0.15) is 29.0 Å². The molecule has 1 atom stereocenters. The topological polar surface area (TPSA) is 149 Å². The van der Waals surface area contributed by atoms with E-state index in [1.165, 1.54) is 32.3 Å². The second kappa shape index (κ2) is 9.02. The molecule has 14 heteroatoms. The van der Waals surface area contributed by atoms with Gasteiger partial charge in [0.2, 0.25) is 15.9 Å². The Balaban J connectivity index is 1.48. The number of nitrogens with one attached hydrogen (secondary N) is 2. The smallest absolute Gasteiger partial charge is 0.276 e. The molecule has 2 amide bonds. The van der Waals surface area contributed by atoms with Crippen molar-refractivity contribution < 1.29 is 18.0 Å². The Morgan fingerprint density at radius 1 is 1.00 bits per heavy atom. The first-order chi connectivity index (χ1) is 16.1. The Hall–Kier alpha value is -3.52. The first-order valence-corrected chi connectivity index (χ1v) is 12.1. The summed E-state index contributed by atoms with van der Waals surface area (Å²) in [4.78, 5) is 26.1. The van der Waals surface area contributed by atoms with Crippen molar-refractivity contribution in [1.29, 1.82) is 0 Å². The van der Waals surface area contributed by atoms with E-state index in [1.54, 1.807) is 32.0 Å². The maximum absolute atomic E-state index is 13.0. The summed E-state index contributed by atoms with van der Waals surface area (Å²) >= 11 is 0. The minimum absolute atomic E-state index is 0.0414. The molecule has 13 nitrogen and oxygen atoms in total. The lowest BCUT2D eigenvalue weighted by Crippen LogP contribution is -2.43. The zero-order valence-corrected chi connectivity index (χ0v) is 20.2. The molecular formula is C20H27N9O4S. The van der Waals surface area contributed by atoms with Crippen LogP contribution < -0.4 is 10.6 Å². The van der Waals surface area contributed by atoms with Gasteiger partial charge in [-0.15, -0.1) is 0 Å². The van der Waals surface area contributed by atoms with Gasteiger partial charge in [-0.1, -0.05) is 0 Å². The van der Waals surface area contributed by atoms with Gasteiger partial charge in [0.1, 0.15) is 10.6 Å². The quantitative estimate of drug-likeness (QED) is 0.512. The average Bonchev–Trinajstić information content (AvgIpc) is 3.49. The van der Waals surface area contributed by atoms with Crippen LogP contribution in [0.3, 0.4) is 0 Å². The van der Waals surface area contributed by atoms with Crippen LogP contribution in [0.5, 0.6) is 0 Å². The number of aromatic nitrogens is 6. The van der Waals surface area contributed by atoms with Gasteiger partial charge in [-0.2, -0.15) is 19.6 Å². The van der Waals surface area contributed by atoms with Crippen molar-refractivity contribution in [3.63, 3.8) is 0 Å². The maximum atomic E-state index is 13.0. The lowest BCUT2D eigenvalue weighted by atomic mass is 9.98. The molecule has 0 unspecified atom stereocenters. The van der Waals surface area contributed by atoms with Gasteiger partial charge in [-0.05, 0) is 19.8 Å². The number of anilines is 2. The number of hydrogen-bond acceptors (Lipinski definition) is 7. The minimum atomic E-state index is -3.75. The van der Waals surface area contributed by atoms with E-state index in [0.29, 0.717) is 25.1 Å². The number of sulfonamides is 1. The standard InChI is InChI=1S/C20H27N9O4S/c1-13-16(9-22-27(13)3)24-20(31)18-17(10-23-28(18)4)25-19(30)14-6-5-7-29(11-14)34(32,33)15-8-21-26(2)12-15/h8-10,12,14H,5-7,11H2,1-4H3,(H,24,31)(H,25,30)/t14-/m1/s1. The Bertz CT molecular complexity index is 1340. The number of hydrogen-bond donors (Lipinski definition) is 2. The summed E-state index contributed by atoms with van der Waals surface area (Å²) < 4.78 is 31.6. The molecule has 34 heavy (non-hydrogen) atoms. The van der Waals surface area contributed by atoms with Crippen LogP contribution in [0.15, 0.2) is 29.7 Å². The molecule has 0 bridgehead atoms. The van der Waals surface area contributed by atoms with Gasteiger partial charge in [0.25, 0.3) is 5.91 Å². The zero-order valence-electron chi connectivity index (χ0n) is 19.4. The van der Waals surface area contributed by atoms with E-state index < -0.39 is 21.8 Å². The predicted octanol–water partition coefficient (Wildman–Crippen LogP) is 0.487. The lowest BCUT2D eigenvalue weighted by molar-refractivity contribution is -0.120. The number of rotatable bonds is 6. The second-order valence-corrected chi connectivity index (χ2v) is 10.2. The monoisotopic (exact) mass is 489 g/mol. The van der Waals surface area contributed by atoms with Gasteiger partial charge in [-0.3, -0.25) is 23.6 Å². The number of nitrogens with zero attached hydrogens (tertiary/aromatic N) is 7. The van der Waals surface area contributed by atoms with Crippen molar-refractivity contribution >= 4 is 33.2 Å². The number of carbonyl (C=O) groups excluding carboxylic acids is 2. The van der Waals surface area contributed by atoms with Crippen molar-refractivity contribution in [3.8, 4) is 0 Å². The molecule has 1 aliphatic rings. The third-order valence-corrected chi connectivity index (χ3v) is 7.79. The molecule has 3 aromatic heterocycles. The van der Waals surface area contributed by atoms with Crippen LogP contribution >= 0.6 is 0 Å². The van der Waals surface area contributed by atoms with E-state index in [1.807, 2.05) is 6.92 Å². The summed E-state index contributed by atoms with van der Waals surface area (Å²) in [5.74, 6) is -1.39. The summed E-state index contributed by atoms with van der Waals surface area (Å²) in [6.45, 7) is 2.19. The summed E-state index contributed by atoms with van der Waals surface area (Å²) in [6.07, 6.45) is 6.74. The van der Waals surface area contributed by atoms with E-state index in [-0.39, 0.29) is 28.7 Å². The van der Waals surface area contributed by atoms with E-state index >= 15 is 0 Å². The fraction of sp³-hybridized carbons (Fsp3) is 0.450. The van der Waals surface area contributed by atoms with Crippen LogP contribution in [0.2, 0.25) is 0 Å². The Morgan fingerprint density at radius 3 is 2.35 bits per heavy atom. The third-order valence-electron chi connectivity index (χ3n) is 5.97. The molecular weight excluding hydrogens is 462 g/mol. The van der Waals surface area contributed by atoms with Crippen molar-refractivity contribution in [2.45, 2.75) is 24.7 Å². The van der Waals surface area contributed by atoms with Crippen LogP contribution in [0.4, 0.5) is 11.4 Å². The number of amides is 2. The van der Waals surface area contributed by atoms with Gasteiger partial charge < -0.3 is 10.6 Å². The van der Waals surface area contributed by atoms with Gasteiger partial charge in [0.15, 0.2) is 0 Å². The van der Waals surface area contributed by atoms with Crippen LogP contribution in [-0.4, -0.2) is 67.0 Å². The van der Waals surface area contributed by atoms with E-state index in [4.69, 9.17) is 0 Å². The molecule has 0 aromatic carbocycles. The molecule has 4 rings (SSSR count). The van der Waals surface area contributed by atoms with Gasteiger partial charge in [0, 0.05) is 40.4 Å². The normalized spacial score (nSPS) is 17.0. The highest BCUT2D eigenvalue weighted by Gasteiger charge is 2.34. The maximum Gasteiger partial charge on any atom is 0.276 e. The zero-order chi connectivity index (χ0) is 24.6. The molecule has 0 radical (unpaired) electrons. The molecule has 1 aliphatic heterocycles. The van der Waals surface area contributed by atoms with Crippen molar-refractivity contribution in [3.05, 3.63) is 36.2 Å². The number of piperidine rings is 1. The highest BCUT2D eigenvalue weighted by molar-refractivity contribution is 7.89. The molecule has 4 heterocycles. The lowest BCUT2D eigenvalue weighted by Gasteiger charge is -2.30. The fourth-order valence-electron chi connectivity index (χ4n) is 3.89. The molecule has 1 fully saturated rings. The Morgan fingerprint density at radius 2 is 1.71 bits per heavy atom. The van der Waals surface area contributed by atoms with Crippen molar-refractivity contribution in [2.75, 3.05) is 23.7 Å². The summed E-state index contributed by atoms with van der Waals surface area (Å²) in [6, 6.07) is 0. The van der Waals surface area contributed by atoms with E-state index in [0.717, 1.165) is 5.69 Å². The molecule has 0 spiro atoms. The SMILES string of the molecule is Cc1c(NC(=O)c2c(NC(=O)[C@@H]3CCCN(S(=O)(=O)c4cnn(C)c4)C3)cnn2C)cnn1C. The predicted molar refractivity (Wildman–Crippen MR) is 122 cm³/mol. The van der Waals surface area contributed by atoms with E-state index in [9.17, 15) is 18.0 Å². The van der Waals surface area contributed by atoms with Crippen LogP contribution in [-0.2, 0) is 36.0 Å². The summed E-state index contributed by atoms with van der Waals surface area (Å²) in [7, 11) is 1.26. The van der Waals surface area contributed by atoms with Crippen LogP contribution in [0, 0.1) is 12.8 Å². The van der Waals surface area contributed by atoms with Gasteiger partial charge in [0.05, 0.1) is 41.6 Å². The highest BCUT2D eigenvalue weighted by atomic mass is 32.2. The Kier molecular flexibility index (Phi) is 6.27. The first kappa shape index (κ1) is 23.6. The molecule has 0 saturated carbocycles. The number of carbonyl (C=O) groups is 2. The average molecular weight is 490 g/mol. The van der Waals surface area contributed by atoms with E-state index in [2.05, 4.69) is 25.9 Å². The fourth-order valence-corrected chi connectivity index (χ4v) is 5.40. The Labute approximate surface area is 196 Å². The molecule has 3 aromatic rings. The van der Waals surface area contributed by atoms with Gasteiger partial charge in [-0.25, -0.2) is 8.42 Å². The van der Waals surface area contributed by atoms with Crippen molar-refractivity contribution in [1.82, 2.24) is 33.6 Å². The number of aryl methyl sites for hydroxylation is 3. The largest absolute Gasteiger partial charge is 0.322 e.